The number of aromatic nitrogens is 8. The molecule has 2 saturated heterocycles. The summed E-state index contributed by atoms with van der Waals surface area (Å²) >= 11 is 0. The van der Waals surface area contributed by atoms with Gasteiger partial charge < -0.3 is 51.0 Å². The molecule has 0 bridgehead atoms. The van der Waals surface area contributed by atoms with Crippen LogP contribution in [-0.4, -0.2) is 121 Å². The van der Waals surface area contributed by atoms with Crippen molar-refractivity contribution >= 4 is 41.6 Å². The second-order valence-electron chi connectivity index (χ2n) is 9.66. The standard InChI is InChI=1S/C21H27N10O10P/c22-16-10-18(26-3-24-16)30(5-28-10)20-13(34)12(33)9(40-20)2-38-7-42(36,37)41-15-8(1-32)39-21(14(15)35)31-6-29-11-17(23)25-4-27-19(11)31/h3-6,8-9,12-15,20-21,32-35H,1-2,7H2,(H,36,37)(H2,22,24,26)(H2,23,25,27)/t8-,9-,12-,13-,14-,15-,20-,21-/m1/s1. The summed E-state index contributed by atoms with van der Waals surface area (Å²) in [7, 11) is -4.57. The molecular weight excluding hydrogens is 583 g/mol. The number of ether oxygens (including phenoxy) is 3. The molecule has 21 heteroatoms. The number of hydrogen-bond donors (Lipinski definition) is 7. The zero-order valence-corrected chi connectivity index (χ0v) is 22.4. The number of anilines is 2. The molecule has 42 heavy (non-hydrogen) atoms. The number of imidazole rings is 2. The predicted molar refractivity (Wildman–Crippen MR) is 138 cm³/mol. The smallest absolute Gasteiger partial charge is 0.353 e. The number of nitrogens with zero attached hydrogens (tertiary/aromatic N) is 8. The molecule has 2 aliphatic rings. The van der Waals surface area contributed by atoms with Gasteiger partial charge in [-0.25, -0.2) is 29.9 Å². The molecule has 4 aromatic heterocycles. The Balaban J connectivity index is 1.09. The lowest BCUT2D eigenvalue weighted by atomic mass is 10.1. The van der Waals surface area contributed by atoms with Crippen LogP contribution >= 0.6 is 7.60 Å². The monoisotopic (exact) mass is 610 g/mol. The van der Waals surface area contributed by atoms with Gasteiger partial charge in [0, 0.05) is 0 Å². The third-order valence-corrected chi connectivity index (χ3v) is 8.05. The molecule has 6 rings (SSSR count). The molecular formula is C21H27N10O10P. The third-order valence-electron chi connectivity index (χ3n) is 6.97. The number of rotatable bonds is 9. The number of nitrogen functional groups attached to an aromatic ring is 2. The van der Waals surface area contributed by atoms with Gasteiger partial charge in [-0.1, -0.05) is 0 Å². The molecule has 226 valence electrons. The number of fused-ring (bicyclic) bond motifs is 2. The van der Waals surface area contributed by atoms with Crippen molar-refractivity contribution in [1.29, 1.82) is 0 Å². The topological polar surface area (TPSA) is 294 Å². The Morgan fingerprint density at radius 1 is 0.833 bits per heavy atom. The average molecular weight is 610 g/mol. The molecule has 4 aromatic rings. The summed E-state index contributed by atoms with van der Waals surface area (Å²) in [6.07, 6.45) is -6.28. The third kappa shape index (κ3) is 4.96. The van der Waals surface area contributed by atoms with Crippen LogP contribution in [0.15, 0.2) is 25.3 Å². The Labute approximate surface area is 235 Å². The first-order chi connectivity index (χ1) is 20.1. The van der Waals surface area contributed by atoms with Crippen molar-refractivity contribution in [2.75, 3.05) is 31.0 Å². The van der Waals surface area contributed by atoms with Crippen LogP contribution in [0.3, 0.4) is 0 Å². The summed E-state index contributed by atoms with van der Waals surface area (Å²) in [6.45, 7) is -1.06. The molecule has 9 atom stereocenters. The van der Waals surface area contributed by atoms with Crippen molar-refractivity contribution in [2.45, 2.75) is 49.1 Å². The van der Waals surface area contributed by atoms with E-state index in [4.69, 9.17) is 30.2 Å². The van der Waals surface area contributed by atoms with Crippen molar-refractivity contribution in [3.63, 3.8) is 0 Å². The van der Waals surface area contributed by atoms with Gasteiger partial charge in [-0.3, -0.25) is 18.2 Å². The minimum atomic E-state index is -4.57. The van der Waals surface area contributed by atoms with Crippen molar-refractivity contribution in [2.24, 2.45) is 0 Å². The highest BCUT2D eigenvalue weighted by molar-refractivity contribution is 7.52. The van der Waals surface area contributed by atoms with E-state index < -0.39 is 76.2 Å². The zero-order chi connectivity index (χ0) is 29.8. The van der Waals surface area contributed by atoms with Gasteiger partial charge in [0.1, 0.15) is 66.7 Å². The molecule has 0 saturated carbocycles. The van der Waals surface area contributed by atoms with E-state index in [1.165, 1.54) is 34.4 Å². The molecule has 2 fully saturated rings. The Morgan fingerprint density at radius 2 is 1.38 bits per heavy atom. The Morgan fingerprint density at radius 3 is 1.95 bits per heavy atom. The second-order valence-corrected chi connectivity index (χ2v) is 11.4. The second kappa shape index (κ2) is 11.0. The molecule has 9 N–H and O–H groups in total. The van der Waals surface area contributed by atoms with Crippen LogP contribution in [0.2, 0.25) is 0 Å². The van der Waals surface area contributed by atoms with E-state index in [2.05, 4.69) is 29.9 Å². The van der Waals surface area contributed by atoms with Gasteiger partial charge in [-0.2, -0.15) is 0 Å². The van der Waals surface area contributed by atoms with Crippen molar-refractivity contribution in [1.82, 2.24) is 39.0 Å². The van der Waals surface area contributed by atoms with E-state index in [1.807, 2.05) is 0 Å². The van der Waals surface area contributed by atoms with Crippen LogP contribution in [0.25, 0.3) is 22.3 Å². The molecule has 0 aromatic carbocycles. The first kappa shape index (κ1) is 28.7. The number of hydrogen-bond acceptors (Lipinski definition) is 17. The highest BCUT2D eigenvalue weighted by atomic mass is 31.2. The van der Waals surface area contributed by atoms with Crippen LogP contribution in [0.4, 0.5) is 11.6 Å². The predicted octanol–water partition coefficient (Wildman–Crippen LogP) is -2.75. The lowest BCUT2D eigenvalue weighted by Gasteiger charge is -2.23. The zero-order valence-electron chi connectivity index (χ0n) is 21.5. The van der Waals surface area contributed by atoms with Gasteiger partial charge in [-0.05, 0) is 0 Å². The van der Waals surface area contributed by atoms with Crippen molar-refractivity contribution < 1.29 is 48.6 Å². The number of aliphatic hydroxyl groups excluding tert-OH is 4. The molecule has 0 aliphatic carbocycles. The summed E-state index contributed by atoms with van der Waals surface area (Å²) in [6, 6.07) is 0. The molecule has 20 nitrogen and oxygen atoms in total. The maximum atomic E-state index is 12.9. The van der Waals surface area contributed by atoms with E-state index in [-0.39, 0.29) is 34.0 Å². The molecule has 2 aliphatic heterocycles. The minimum absolute atomic E-state index is 0.0991. The van der Waals surface area contributed by atoms with Crippen molar-refractivity contribution in [3.05, 3.63) is 25.3 Å². The van der Waals surface area contributed by atoms with Gasteiger partial charge in [0.05, 0.1) is 25.9 Å². The molecule has 0 radical (unpaired) electrons. The Hall–Kier alpha value is -3.43. The van der Waals surface area contributed by atoms with Gasteiger partial charge in [0.25, 0.3) is 0 Å². The highest BCUT2D eigenvalue weighted by Gasteiger charge is 2.49. The summed E-state index contributed by atoms with van der Waals surface area (Å²) < 4.78 is 37.7. The van der Waals surface area contributed by atoms with Crippen molar-refractivity contribution in [3.8, 4) is 0 Å². The van der Waals surface area contributed by atoms with E-state index in [1.54, 1.807) is 0 Å². The highest BCUT2D eigenvalue weighted by Crippen LogP contribution is 2.48. The summed E-state index contributed by atoms with van der Waals surface area (Å²) in [5.41, 5.74) is 12.6. The lowest BCUT2D eigenvalue weighted by Crippen LogP contribution is -2.36. The van der Waals surface area contributed by atoms with E-state index in [0.29, 0.717) is 0 Å². The Kier molecular flexibility index (Phi) is 7.51. The average Bonchev–Trinajstić information content (AvgIpc) is 3.71. The lowest BCUT2D eigenvalue weighted by molar-refractivity contribution is -0.0629. The molecule has 6 heterocycles. The van der Waals surface area contributed by atoms with Crippen LogP contribution in [0.5, 0.6) is 0 Å². The maximum Gasteiger partial charge on any atom is 0.353 e. The van der Waals surface area contributed by atoms with Crippen LogP contribution in [-0.2, 0) is 23.3 Å². The first-order valence-corrected chi connectivity index (χ1v) is 14.3. The van der Waals surface area contributed by atoms with Crippen LogP contribution in [0, 0.1) is 0 Å². The summed E-state index contributed by atoms with van der Waals surface area (Å²) in [5, 5.41) is 41.8. The van der Waals surface area contributed by atoms with Crippen LogP contribution in [0.1, 0.15) is 12.5 Å². The van der Waals surface area contributed by atoms with Gasteiger partial charge >= 0.3 is 7.60 Å². The van der Waals surface area contributed by atoms with Gasteiger partial charge in [-0.15, -0.1) is 0 Å². The van der Waals surface area contributed by atoms with E-state index >= 15 is 0 Å². The fraction of sp³-hybridized carbons (Fsp3) is 0.524. The molecule has 0 spiro atoms. The Bertz CT molecular complexity index is 1640. The summed E-state index contributed by atoms with van der Waals surface area (Å²) in [5.74, 6) is 0.219. The van der Waals surface area contributed by atoms with Gasteiger partial charge in [0.2, 0.25) is 0 Å². The number of nitrogens with two attached hydrogens (primary N) is 2. The normalized spacial score (nSPS) is 31.3. The van der Waals surface area contributed by atoms with E-state index in [0.717, 1.165) is 0 Å². The summed E-state index contributed by atoms with van der Waals surface area (Å²) in [4.78, 5) is 34.6. The number of aliphatic hydroxyl groups is 4. The fourth-order valence-electron chi connectivity index (χ4n) is 4.94. The quantitative estimate of drug-likeness (QED) is 0.0944. The first-order valence-electron chi connectivity index (χ1n) is 12.5. The largest absolute Gasteiger partial charge is 0.394 e. The molecule has 0 amide bonds. The van der Waals surface area contributed by atoms with Gasteiger partial charge in [0.15, 0.2) is 35.4 Å². The fourth-order valence-corrected chi connectivity index (χ4v) is 5.98. The SMILES string of the molecule is Nc1ncnc2c1ncn2[C@@H]1O[C@H](COCP(=O)(O)O[C@H]2[C@@H](O)[C@H](n3cnc4c(N)ncnc43)O[C@@H]2CO)[C@@H](O)[C@H]1O. The minimum Gasteiger partial charge on any atom is -0.394 e. The molecule has 1 unspecified atom stereocenters. The van der Waals surface area contributed by atoms with Crippen LogP contribution < -0.4 is 11.5 Å². The maximum absolute atomic E-state index is 12.9. The van der Waals surface area contributed by atoms with E-state index in [9.17, 15) is 29.9 Å².